The zero-order valence-electron chi connectivity index (χ0n) is 13.4. The minimum Gasteiger partial charge on any atom is -0.465 e. The molecule has 128 valence electrons. The molecule has 0 bridgehead atoms. The van der Waals surface area contributed by atoms with Crippen molar-refractivity contribution in [2.24, 2.45) is 0 Å². The van der Waals surface area contributed by atoms with E-state index < -0.39 is 11.1 Å². The van der Waals surface area contributed by atoms with Crippen LogP contribution in [0.4, 0.5) is 10.1 Å². The molecule has 1 rings (SSSR count). The average Bonchev–Trinajstić information content (AvgIpc) is 2.51. The minimum atomic E-state index is -0.527. The Labute approximate surface area is 148 Å². The lowest BCUT2D eigenvalue weighted by Crippen LogP contribution is -2.17. The molecular weight excluding hydrogens is 385 g/mol. The lowest BCUT2D eigenvalue weighted by Gasteiger charge is -2.14. The lowest BCUT2D eigenvalue weighted by molar-refractivity contribution is -0.142. The Morgan fingerprint density at radius 2 is 2.09 bits per heavy atom. The molecule has 1 aromatic carbocycles. The minimum absolute atomic E-state index is 0.106. The summed E-state index contributed by atoms with van der Waals surface area (Å²) < 4.78 is 19.6. The molecule has 1 N–H and O–H groups in total. The van der Waals surface area contributed by atoms with Gasteiger partial charge in [0.2, 0.25) is 5.91 Å². The van der Waals surface area contributed by atoms with Crippen molar-refractivity contribution in [1.29, 1.82) is 0 Å². The Bertz CT molecular complexity index is 569. The van der Waals surface area contributed by atoms with Crippen LogP contribution in [0.3, 0.4) is 0 Å². The number of ether oxygens (including phenoxy) is 1. The quantitative estimate of drug-likeness (QED) is 0.384. The van der Waals surface area contributed by atoms with Crippen molar-refractivity contribution in [3.05, 3.63) is 22.4 Å². The maximum Gasteiger partial charge on any atom is 0.319 e. The molecule has 0 aromatic heterocycles. The van der Waals surface area contributed by atoms with Crippen LogP contribution in [0.2, 0.25) is 0 Å². The molecule has 1 atom stereocenters. The van der Waals surface area contributed by atoms with Gasteiger partial charge in [-0.2, -0.15) is 0 Å². The summed E-state index contributed by atoms with van der Waals surface area (Å²) in [5.41, 5.74) is 0.106. The van der Waals surface area contributed by atoms with E-state index in [0.717, 1.165) is 12.8 Å². The number of thioether (sulfide) groups is 1. The standard InChI is InChI=1S/C16H21BrFNO3S/c1-4-6-7-22-16(21)10(3)23-14-9-13(19-15(20)5-2)12(18)8-11(14)17/h8-10H,4-7H2,1-3H3,(H,19,20). The van der Waals surface area contributed by atoms with Gasteiger partial charge in [-0.15, -0.1) is 11.8 Å². The Kier molecular flexibility index (Phi) is 8.62. The monoisotopic (exact) mass is 405 g/mol. The summed E-state index contributed by atoms with van der Waals surface area (Å²) in [6, 6.07) is 2.80. The summed E-state index contributed by atoms with van der Waals surface area (Å²) in [7, 11) is 0. The van der Waals surface area contributed by atoms with Crippen LogP contribution in [0.25, 0.3) is 0 Å². The molecule has 0 saturated carbocycles. The van der Waals surface area contributed by atoms with Gasteiger partial charge in [0.15, 0.2) is 0 Å². The number of amides is 1. The zero-order valence-corrected chi connectivity index (χ0v) is 15.9. The fourth-order valence-corrected chi connectivity index (χ4v) is 3.13. The first-order valence-electron chi connectivity index (χ1n) is 7.51. The first-order chi connectivity index (χ1) is 10.9. The maximum absolute atomic E-state index is 13.9. The first kappa shape index (κ1) is 20.0. The molecular formula is C16H21BrFNO3S. The Balaban J connectivity index is 2.80. The fourth-order valence-electron chi connectivity index (χ4n) is 1.63. The van der Waals surface area contributed by atoms with Crippen LogP contribution >= 0.6 is 27.7 Å². The van der Waals surface area contributed by atoms with Crippen molar-refractivity contribution in [1.82, 2.24) is 0 Å². The van der Waals surface area contributed by atoms with Crippen LogP contribution in [0.1, 0.15) is 40.0 Å². The predicted octanol–water partition coefficient (Wildman–Crippen LogP) is 4.76. The predicted molar refractivity (Wildman–Crippen MR) is 94.2 cm³/mol. The van der Waals surface area contributed by atoms with Gasteiger partial charge >= 0.3 is 5.97 Å². The molecule has 0 aliphatic heterocycles. The molecule has 0 saturated heterocycles. The summed E-state index contributed by atoms with van der Waals surface area (Å²) in [6.45, 7) is 5.85. The summed E-state index contributed by atoms with van der Waals surface area (Å²) in [4.78, 5) is 24.0. The average molecular weight is 406 g/mol. The van der Waals surface area contributed by atoms with E-state index in [2.05, 4.69) is 21.2 Å². The summed E-state index contributed by atoms with van der Waals surface area (Å²) >= 11 is 4.53. The highest BCUT2D eigenvalue weighted by atomic mass is 79.9. The van der Waals surface area contributed by atoms with Gasteiger partial charge in [-0.1, -0.05) is 20.3 Å². The number of unbranched alkanes of at least 4 members (excludes halogenated alkanes) is 1. The van der Waals surface area contributed by atoms with E-state index in [1.807, 2.05) is 6.92 Å². The van der Waals surface area contributed by atoms with Gasteiger partial charge in [0.1, 0.15) is 11.1 Å². The van der Waals surface area contributed by atoms with Gasteiger partial charge in [-0.05, 0) is 41.4 Å². The number of anilines is 1. The van der Waals surface area contributed by atoms with Crippen LogP contribution in [0.15, 0.2) is 21.5 Å². The van der Waals surface area contributed by atoms with E-state index in [0.29, 0.717) is 16.0 Å². The Morgan fingerprint density at radius 1 is 1.39 bits per heavy atom. The zero-order chi connectivity index (χ0) is 17.4. The number of benzene rings is 1. The second kappa shape index (κ2) is 9.93. The van der Waals surface area contributed by atoms with E-state index in [1.54, 1.807) is 13.8 Å². The number of hydrogen-bond donors (Lipinski definition) is 1. The van der Waals surface area contributed by atoms with Crippen LogP contribution in [0, 0.1) is 5.82 Å². The molecule has 0 radical (unpaired) electrons. The summed E-state index contributed by atoms with van der Waals surface area (Å²) in [6.07, 6.45) is 2.05. The van der Waals surface area contributed by atoms with Crippen molar-refractivity contribution < 1.29 is 18.7 Å². The molecule has 23 heavy (non-hydrogen) atoms. The number of hydrogen-bond acceptors (Lipinski definition) is 4. The van der Waals surface area contributed by atoms with Gasteiger partial charge in [0, 0.05) is 15.8 Å². The summed E-state index contributed by atoms with van der Waals surface area (Å²) in [5.74, 6) is -1.10. The van der Waals surface area contributed by atoms with Crippen LogP contribution in [-0.2, 0) is 14.3 Å². The second-order valence-electron chi connectivity index (χ2n) is 4.95. The first-order valence-corrected chi connectivity index (χ1v) is 9.18. The van der Waals surface area contributed by atoms with Gasteiger partial charge in [-0.3, -0.25) is 9.59 Å². The van der Waals surface area contributed by atoms with E-state index in [4.69, 9.17) is 4.74 Å². The van der Waals surface area contributed by atoms with Crippen LogP contribution in [-0.4, -0.2) is 23.7 Å². The number of carbonyl (C=O) groups excluding carboxylic acids is 2. The van der Waals surface area contributed by atoms with E-state index >= 15 is 0 Å². The number of halogens is 2. The highest BCUT2D eigenvalue weighted by molar-refractivity contribution is 9.10. The topological polar surface area (TPSA) is 55.4 Å². The molecule has 1 unspecified atom stereocenters. The van der Waals surface area contributed by atoms with Gasteiger partial charge in [0.05, 0.1) is 12.3 Å². The highest BCUT2D eigenvalue weighted by Gasteiger charge is 2.19. The Hall–Kier alpha value is -1.08. The number of esters is 1. The highest BCUT2D eigenvalue weighted by Crippen LogP contribution is 2.35. The number of rotatable bonds is 8. The van der Waals surface area contributed by atoms with Crippen LogP contribution < -0.4 is 5.32 Å². The van der Waals surface area contributed by atoms with Gasteiger partial charge in [-0.25, -0.2) is 4.39 Å². The molecule has 1 aromatic rings. The van der Waals surface area contributed by atoms with Crippen molar-refractivity contribution in [3.8, 4) is 0 Å². The van der Waals surface area contributed by atoms with E-state index in [1.165, 1.54) is 23.9 Å². The molecule has 7 heteroatoms. The van der Waals surface area contributed by atoms with Crippen molar-refractivity contribution in [2.45, 2.75) is 50.2 Å². The van der Waals surface area contributed by atoms with E-state index in [9.17, 15) is 14.0 Å². The third-order valence-electron chi connectivity index (χ3n) is 2.99. The van der Waals surface area contributed by atoms with Crippen molar-refractivity contribution >= 4 is 45.3 Å². The molecule has 0 spiro atoms. The smallest absolute Gasteiger partial charge is 0.319 e. The van der Waals surface area contributed by atoms with Crippen LogP contribution in [0.5, 0.6) is 0 Å². The SMILES string of the molecule is CCCCOC(=O)C(C)Sc1cc(NC(=O)CC)c(F)cc1Br. The molecule has 0 aliphatic carbocycles. The van der Waals surface area contributed by atoms with Crippen molar-refractivity contribution in [3.63, 3.8) is 0 Å². The third kappa shape index (κ3) is 6.51. The van der Waals surface area contributed by atoms with Crippen molar-refractivity contribution in [2.75, 3.05) is 11.9 Å². The van der Waals surface area contributed by atoms with Gasteiger partial charge < -0.3 is 10.1 Å². The molecule has 1 amide bonds. The van der Waals surface area contributed by atoms with E-state index in [-0.39, 0.29) is 24.0 Å². The number of nitrogens with one attached hydrogen (secondary N) is 1. The summed E-state index contributed by atoms with van der Waals surface area (Å²) in [5, 5.41) is 2.08. The third-order valence-corrected chi connectivity index (χ3v) is 5.05. The molecule has 0 fully saturated rings. The largest absolute Gasteiger partial charge is 0.465 e. The molecule has 0 heterocycles. The normalized spacial score (nSPS) is 11.9. The maximum atomic E-state index is 13.9. The molecule has 4 nitrogen and oxygen atoms in total. The Morgan fingerprint density at radius 3 is 2.70 bits per heavy atom. The van der Waals surface area contributed by atoms with Gasteiger partial charge in [0.25, 0.3) is 0 Å². The number of carbonyl (C=O) groups is 2. The second-order valence-corrected chi connectivity index (χ2v) is 7.18. The molecule has 0 aliphatic rings. The lowest BCUT2D eigenvalue weighted by atomic mass is 10.3. The fraction of sp³-hybridized carbons (Fsp3) is 0.500.